The van der Waals surface area contributed by atoms with E-state index in [-0.39, 0.29) is 22.1 Å². The number of aliphatic hydroxyl groups excluding tert-OH is 1. The van der Waals surface area contributed by atoms with Crippen LogP contribution in [0.3, 0.4) is 0 Å². The number of thiazole rings is 1. The van der Waals surface area contributed by atoms with Crippen molar-refractivity contribution in [3.05, 3.63) is 28.8 Å². The molecular formula is C15H18N2O7S. The molecule has 1 aromatic heterocycles. The number of hydrogen-bond donors (Lipinski definition) is 3. The summed E-state index contributed by atoms with van der Waals surface area (Å²) in [6.45, 7) is 0. The van der Waals surface area contributed by atoms with Crippen LogP contribution in [0.1, 0.15) is 20.8 Å². The molecule has 0 saturated carbocycles. The Morgan fingerprint density at radius 2 is 1.72 bits per heavy atom. The van der Waals surface area contributed by atoms with Crippen molar-refractivity contribution in [2.75, 3.05) is 33.8 Å². The quantitative estimate of drug-likeness (QED) is 0.676. The van der Waals surface area contributed by atoms with Crippen molar-refractivity contribution in [2.24, 2.45) is 0 Å². The molecule has 3 N–H and O–H groups in total. The standard InChI is InChI=1S/C14H14N2O6S.CH4O/c1-20-10-4-7(9(17)5-11(10)21-2)12(18)16-14-15-8(6-23-14)13(19)22-3;1-2/h4-6,17H,1-3H3,(H,15,16,18);2H,1H3. The first-order valence-corrected chi connectivity index (χ1v) is 7.63. The number of anilines is 1. The summed E-state index contributed by atoms with van der Waals surface area (Å²) in [6.07, 6.45) is 0. The Morgan fingerprint density at radius 3 is 2.28 bits per heavy atom. The Hall–Kier alpha value is -2.85. The maximum absolute atomic E-state index is 12.2. The zero-order valence-electron chi connectivity index (χ0n) is 14.0. The van der Waals surface area contributed by atoms with E-state index < -0.39 is 11.9 Å². The molecule has 136 valence electrons. The smallest absolute Gasteiger partial charge is 0.357 e. The van der Waals surface area contributed by atoms with Gasteiger partial charge in [-0.25, -0.2) is 9.78 Å². The number of benzene rings is 1. The largest absolute Gasteiger partial charge is 0.507 e. The van der Waals surface area contributed by atoms with Gasteiger partial charge >= 0.3 is 5.97 Å². The third-order valence-corrected chi connectivity index (χ3v) is 3.62. The number of rotatable bonds is 5. The van der Waals surface area contributed by atoms with E-state index >= 15 is 0 Å². The molecule has 0 aliphatic heterocycles. The van der Waals surface area contributed by atoms with Gasteiger partial charge in [0, 0.05) is 24.6 Å². The molecule has 1 aromatic carbocycles. The van der Waals surface area contributed by atoms with Crippen LogP contribution in [0.25, 0.3) is 0 Å². The lowest BCUT2D eigenvalue weighted by Gasteiger charge is -2.11. The van der Waals surface area contributed by atoms with Crippen LogP contribution in [0.15, 0.2) is 17.5 Å². The van der Waals surface area contributed by atoms with Crippen LogP contribution in [0.2, 0.25) is 0 Å². The van der Waals surface area contributed by atoms with Gasteiger partial charge in [-0.1, -0.05) is 0 Å². The van der Waals surface area contributed by atoms with Gasteiger partial charge in [0.25, 0.3) is 5.91 Å². The van der Waals surface area contributed by atoms with E-state index in [9.17, 15) is 14.7 Å². The number of nitrogens with one attached hydrogen (secondary N) is 1. The fraction of sp³-hybridized carbons (Fsp3) is 0.267. The molecule has 2 rings (SSSR count). The van der Waals surface area contributed by atoms with Gasteiger partial charge < -0.3 is 24.4 Å². The predicted octanol–water partition coefficient (Wildman–Crippen LogP) is 1.51. The summed E-state index contributed by atoms with van der Waals surface area (Å²) < 4.78 is 14.7. The molecule has 0 spiro atoms. The lowest BCUT2D eigenvalue weighted by molar-refractivity contribution is 0.0594. The normalized spacial score (nSPS) is 9.48. The number of amides is 1. The van der Waals surface area contributed by atoms with Gasteiger partial charge in [-0.15, -0.1) is 11.3 Å². The van der Waals surface area contributed by atoms with E-state index in [2.05, 4.69) is 15.0 Å². The van der Waals surface area contributed by atoms with Crippen LogP contribution in [-0.2, 0) is 4.74 Å². The topological polar surface area (TPSA) is 127 Å². The zero-order chi connectivity index (χ0) is 19.0. The van der Waals surface area contributed by atoms with Gasteiger partial charge in [-0.05, 0) is 0 Å². The lowest BCUT2D eigenvalue weighted by atomic mass is 10.1. The molecule has 1 heterocycles. The highest BCUT2D eigenvalue weighted by Crippen LogP contribution is 2.34. The molecule has 0 unspecified atom stereocenters. The van der Waals surface area contributed by atoms with Crippen LogP contribution < -0.4 is 14.8 Å². The summed E-state index contributed by atoms with van der Waals surface area (Å²) >= 11 is 1.06. The maximum atomic E-state index is 12.2. The average Bonchev–Trinajstić information content (AvgIpc) is 3.10. The van der Waals surface area contributed by atoms with Gasteiger partial charge in [0.05, 0.1) is 26.9 Å². The van der Waals surface area contributed by atoms with E-state index in [1.165, 1.54) is 38.8 Å². The molecule has 25 heavy (non-hydrogen) atoms. The third-order valence-electron chi connectivity index (χ3n) is 2.87. The fourth-order valence-corrected chi connectivity index (χ4v) is 2.42. The number of phenolic OH excluding ortho intramolecular Hbond substituents is 1. The summed E-state index contributed by atoms with van der Waals surface area (Å²) in [5.41, 5.74) is 0.0711. The molecule has 10 heteroatoms. The van der Waals surface area contributed by atoms with Crippen molar-refractivity contribution in [1.82, 2.24) is 4.98 Å². The van der Waals surface area contributed by atoms with E-state index in [4.69, 9.17) is 14.6 Å². The highest BCUT2D eigenvalue weighted by Gasteiger charge is 2.18. The Morgan fingerprint density at radius 1 is 1.12 bits per heavy atom. The number of carbonyl (C=O) groups is 2. The van der Waals surface area contributed by atoms with E-state index in [0.29, 0.717) is 11.5 Å². The maximum Gasteiger partial charge on any atom is 0.357 e. The minimum atomic E-state index is -0.603. The number of methoxy groups -OCH3 is 3. The van der Waals surface area contributed by atoms with Crippen LogP contribution in [0, 0.1) is 0 Å². The molecule has 2 aromatic rings. The van der Waals surface area contributed by atoms with E-state index in [1.54, 1.807) is 0 Å². The second-order valence-corrected chi connectivity index (χ2v) is 5.07. The van der Waals surface area contributed by atoms with Crippen molar-refractivity contribution in [2.45, 2.75) is 0 Å². The number of esters is 1. The van der Waals surface area contributed by atoms with E-state index in [1.807, 2.05) is 0 Å². The molecule has 0 bridgehead atoms. The number of carbonyl (C=O) groups excluding carboxylic acids is 2. The Labute approximate surface area is 147 Å². The van der Waals surface area contributed by atoms with Crippen molar-refractivity contribution in [1.29, 1.82) is 0 Å². The van der Waals surface area contributed by atoms with Gasteiger partial charge in [-0.3, -0.25) is 10.1 Å². The predicted molar refractivity (Wildman–Crippen MR) is 90.8 cm³/mol. The summed E-state index contributed by atoms with van der Waals surface area (Å²) in [6, 6.07) is 2.62. The SMILES string of the molecule is CO.COC(=O)c1csc(NC(=O)c2cc(OC)c(OC)cc2O)n1. The molecule has 0 atom stereocenters. The van der Waals surface area contributed by atoms with Crippen LogP contribution in [-0.4, -0.2) is 55.5 Å². The summed E-state index contributed by atoms with van der Waals surface area (Å²) in [7, 11) is 5.07. The number of nitrogens with zero attached hydrogens (tertiary/aromatic N) is 1. The highest BCUT2D eigenvalue weighted by molar-refractivity contribution is 7.14. The summed E-state index contributed by atoms with van der Waals surface area (Å²) in [4.78, 5) is 27.5. The fourth-order valence-electron chi connectivity index (χ4n) is 1.74. The Balaban J connectivity index is 0.00000151. The van der Waals surface area contributed by atoms with Crippen LogP contribution in [0.5, 0.6) is 17.2 Å². The zero-order valence-corrected chi connectivity index (χ0v) is 14.8. The Bertz CT molecular complexity index is 745. The summed E-state index contributed by atoms with van der Waals surface area (Å²) in [5, 5.41) is 21.1. The first-order valence-electron chi connectivity index (χ1n) is 6.75. The minimum Gasteiger partial charge on any atom is -0.507 e. The van der Waals surface area contributed by atoms with Crippen molar-refractivity contribution in [3.63, 3.8) is 0 Å². The number of aliphatic hydroxyl groups is 1. The molecule has 9 nitrogen and oxygen atoms in total. The molecule has 0 aliphatic rings. The minimum absolute atomic E-state index is 0.0162. The van der Waals surface area contributed by atoms with Gasteiger partial charge in [-0.2, -0.15) is 0 Å². The number of phenols is 1. The Kier molecular flexibility index (Phi) is 7.63. The van der Waals surface area contributed by atoms with Crippen molar-refractivity contribution < 1.29 is 34.0 Å². The monoisotopic (exact) mass is 370 g/mol. The number of hydrogen-bond acceptors (Lipinski definition) is 9. The van der Waals surface area contributed by atoms with E-state index in [0.717, 1.165) is 18.4 Å². The molecule has 0 aliphatic carbocycles. The molecule has 1 amide bonds. The number of aromatic nitrogens is 1. The van der Waals surface area contributed by atoms with Crippen LogP contribution in [0.4, 0.5) is 5.13 Å². The molecule has 0 fully saturated rings. The summed E-state index contributed by atoms with van der Waals surface area (Å²) in [5.74, 6) is -0.886. The molecular weight excluding hydrogens is 352 g/mol. The first kappa shape index (κ1) is 20.2. The average molecular weight is 370 g/mol. The second kappa shape index (κ2) is 9.45. The number of aromatic hydroxyl groups is 1. The van der Waals surface area contributed by atoms with Crippen molar-refractivity contribution in [3.8, 4) is 17.2 Å². The second-order valence-electron chi connectivity index (χ2n) is 4.21. The molecule has 0 saturated heterocycles. The third kappa shape index (κ3) is 4.81. The van der Waals surface area contributed by atoms with Gasteiger partial charge in [0.1, 0.15) is 5.75 Å². The molecule has 0 radical (unpaired) electrons. The first-order chi connectivity index (χ1) is 12.0. The van der Waals surface area contributed by atoms with Crippen LogP contribution >= 0.6 is 11.3 Å². The lowest BCUT2D eigenvalue weighted by Crippen LogP contribution is -2.13. The highest BCUT2D eigenvalue weighted by atomic mass is 32.1. The van der Waals surface area contributed by atoms with Crippen molar-refractivity contribution >= 4 is 28.3 Å². The van der Waals surface area contributed by atoms with Gasteiger partial charge in [0.15, 0.2) is 22.3 Å². The van der Waals surface area contributed by atoms with Gasteiger partial charge in [0.2, 0.25) is 0 Å². The number of ether oxygens (including phenoxy) is 3.